The van der Waals surface area contributed by atoms with Gasteiger partial charge >= 0.3 is 0 Å². The standard InChI is InChI=1S/C14H20O/c1-10-8-12(3)13(9-11(10)2)14(15)6-4-5-7-14/h8-9,15H,4-7H2,1-3H3. The fourth-order valence-corrected chi connectivity index (χ4v) is 2.69. The summed E-state index contributed by atoms with van der Waals surface area (Å²) in [4.78, 5) is 0. The lowest BCUT2D eigenvalue weighted by Gasteiger charge is -2.25. The van der Waals surface area contributed by atoms with Crippen molar-refractivity contribution < 1.29 is 5.11 Å². The largest absolute Gasteiger partial charge is 0.385 e. The molecule has 0 heterocycles. The second-order valence-corrected chi connectivity index (χ2v) is 4.99. The number of hydrogen-bond acceptors (Lipinski definition) is 1. The van der Waals surface area contributed by atoms with Gasteiger partial charge in [-0.05, 0) is 55.9 Å². The van der Waals surface area contributed by atoms with E-state index in [1.807, 2.05) is 0 Å². The summed E-state index contributed by atoms with van der Waals surface area (Å²) in [5.74, 6) is 0. The minimum absolute atomic E-state index is 0.539. The number of benzene rings is 1. The highest BCUT2D eigenvalue weighted by atomic mass is 16.3. The Morgan fingerprint density at radius 1 is 0.933 bits per heavy atom. The molecule has 15 heavy (non-hydrogen) atoms. The molecule has 0 saturated heterocycles. The van der Waals surface area contributed by atoms with Crippen molar-refractivity contribution in [2.45, 2.75) is 52.1 Å². The van der Waals surface area contributed by atoms with Gasteiger partial charge in [-0.1, -0.05) is 25.0 Å². The molecule has 1 saturated carbocycles. The average Bonchev–Trinajstić information content (AvgIpc) is 2.60. The first-order valence-corrected chi connectivity index (χ1v) is 5.84. The summed E-state index contributed by atoms with van der Waals surface area (Å²) in [5, 5.41) is 10.6. The van der Waals surface area contributed by atoms with Crippen LogP contribution in [0, 0.1) is 20.8 Å². The Morgan fingerprint density at radius 3 is 2.07 bits per heavy atom. The molecule has 1 aromatic rings. The van der Waals surface area contributed by atoms with Crippen LogP contribution in [0.3, 0.4) is 0 Å². The van der Waals surface area contributed by atoms with E-state index < -0.39 is 5.60 Å². The van der Waals surface area contributed by atoms with Crippen LogP contribution in [0.1, 0.15) is 47.9 Å². The molecule has 0 bridgehead atoms. The van der Waals surface area contributed by atoms with Gasteiger partial charge in [0.15, 0.2) is 0 Å². The van der Waals surface area contributed by atoms with Crippen molar-refractivity contribution in [3.63, 3.8) is 0 Å². The third-order valence-electron chi connectivity index (χ3n) is 3.77. The molecule has 0 unspecified atom stereocenters. The molecule has 1 aromatic carbocycles. The molecule has 82 valence electrons. The van der Waals surface area contributed by atoms with Gasteiger partial charge in [0.2, 0.25) is 0 Å². The maximum atomic E-state index is 10.6. The average molecular weight is 204 g/mol. The highest BCUT2D eigenvalue weighted by Gasteiger charge is 2.34. The predicted octanol–water partition coefficient (Wildman–Crippen LogP) is 3.37. The Morgan fingerprint density at radius 2 is 1.47 bits per heavy atom. The molecule has 1 aliphatic carbocycles. The van der Waals surface area contributed by atoms with Crippen molar-refractivity contribution in [1.82, 2.24) is 0 Å². The van der Waals surface area contributed by atoms with E-state index in [1.165, 1.54) is 16.7 Å². The van der Waals surface area contributed by atoms with Crippen molar-refractivity contribution in [3.8, 4) is 0 Å². The van der Waals surface area contributed by atoms with Crippen LogP contribution in [0.5, 0.6) is 0 Å². The maximum Gasteiger partial charge on any atom is 0.0899 e. The number of aryl methyl sites for hydroxylation is 3. The molecule has 1 aliphatic rings. The fourth-order valence-electron chi connectivity index (χ4n) is 2.69. The first-order valence-electron chi connectivity index (χ1n) is 5.84. The maximum absolute atomic E-state index is 10.6. The molecule has 1 heteroatoms. The summed E-state index contributed by atoms with van der Waals surface area (Å²) in [5.41, 5.74) is 4.46. The molecule has 0 atom stereocenters. The van der Waals surface area contributed by atoms with E-state index in [4.69, 9.17) is 0 Å². The zero-order valence-corrected chi connectivity index (χ0v) is 9.93. The van der Waals surface area contributed by atoms with Crippen LogP contribution in [0.4, 0.5) is 0 Å². The summed E-state index contributed by atoms with van der Waals surface area (Å²) in [6.07, 6.45) is 4.17. The highest BCUT2D eigenvalue weighted by molar-refractivity contribution is 5.40. The first-order chi connectivity index (χ1) is 7.03. The molecule has 1 nitrogen and oxygen atoms in total. The third kappa shape index (κ3) is 1.81. The van der Waals surface area contributed by atoms with Crippen LogP contribution >= 0.6 is 0 Å². The van der Waals surface area contributed by atoms with Crippen LogP contribution in [0.25, 0.3) is 0 Å². The molecule has 0 aliphatic heterocycles. The van der Waals surface area contributed by atoms with Gasteiger partial charge in [-0.3, -0.25) is 0 Å². The Labute approximate surface area is 92.1 Å². The van der Waals surface area contributed by atoms with Crippen LogP contribution in [-0.4, -0.2) is 5.11 Å². The molecule has 2 rings (SSSR count). The molecule has 1 N–H and O–H groups in total. The molecular formula is C14H20O. The quantitative estimate of drug-likeness (QED) is 0.743. The third-order valence-corrected chi connectivity index (χ3v) is 3.77. The van der Waals surface area contributed by atoms with Gasteiger partial charge < -0.3 is 5.11 Å². The van der Waals surface area contributed by atoms with Gasteiger partial charge in [-0.15, -0.1) is 0 Å². The second kappa shape index (κ2) is 3.64. The first kappa shape index (κ1) is 10.7. The lowest BCUT2D eigenvalue weighted by molar-refractivity contribution is 0.0438. The summed E-state index contributed by atoms with van der Waals surface area (Å²) < 4.78 is 0. The molecule has 0 radical (unpaired) electrons. The van der Waals surface area contributed by atoms with E-state index in [1.54, 1.807) is 0 Å². The normalized spacial score (nSPS) is 19.5. The smallest absolute Gasteiger partial charge is 0.0899 e. The Kier molecular flexibility index (Phi) is 2.59. The molecular weight excluding hydrogens is 184 g/mol. The minimum Gasteiger partial charge on any atom is -0.385 e. The zero-order valence-electron chi connectivity index (χ0n) is 9.93. The van der Waals surface area contributed by atoms with Crippen LogP contribution < -0.4 is 0 Å². The van der Waals surface area contributed by atoms with E-state index in [9.17, 15) is 5.11 Å². The van der Waals surface area contributed by atoms with Gasteiger partial charge in [-0.2, -0.15) is 0 Å². The van der Waals surface area contributed by atoms with Gasteiger partial charge in [0.1, 0.15) is 0 Å². The lowest BCUT2D eigenvalue weighted by atomic mass is 9.86. The van der Waals surface area contributed by atoms with Crippen molar-refractivity contribution >= 4 is 0 Å². The van der Waals surface area contributed by atoms with E-state index >= 15 is 0 Å². The summed E-state index contributed by atoms with van der Waals surface area (Å²) in [7, 11) is 0. The Hall–Kier alpha value is -0.820. The van der Waals surface area contributed by atoms with E-state index in [0.29, 0.717) is 0 Å². The van der Waals surface area contributed by atoms with Crippen LogP contribution in [-0.2, 0) is 5.60 Å². The minimum atomic E-state index is -0.539. The number of rotatable bonds is 1. The summed E-state index contributed by atoms with van der Waals surface area (Å²) in [6.45, 7) is 6.36. The Balaban J connectivity index is 2.48. The van der Waals surface area contributed by atoms with E-state index in [-0.39, 0.29) is 0 Å². The Bertz CT molecular complexity index is 373. The van der Waals surface area contributed by atoms with Crippen molar-refractivity contribution in [3.05, 3.63) is 34.4 Å². The molecule has 1 fully saturated rings. The number of hydrogen-bond donors (Lipinski definition) is 1. The van der Waals surface area contributed by atoms with Crippen molar-refractivity contribution in [2.24, 2.45) is 0 Å². The fraction of sp³-hybridized carbons (Fsp3) is 0.571. The molecule has 0 spiro atoms. The highest BCUT2D eigenvalue weighted by Crippen LogP contribution is 2.40. The van der Waals surface area contributed by atoms with Crippen LogP contribution in [0.2, 0.25) is 0 Å². The van der Waals surface area contributed by atoms with Crippen LogP contribution in [0.15, 0.2) is 12.1 Å². The SMILES string of the molecule is Cc1cc(C)c(C2(O)CCCC2)cc1C. The predicted molar refractivity (Wildman–Crippen MR) is 63.0 cm³/mol. The van der Waals surface area contributed by atoms with E-state index in [2.05, 4.69) is 32.9 Å². The monoisotopic (exact) mass is 204 g/mol. The van der Waals surface area contributed by atoms with Gasteiger partial charge in [-0.25, -0.2) is 0 Å². The number of aliphatic hydroxyl groups is 1. The van der Waals surface area contributed by atoms with E-state index in [0.717, 1.165) is 31.2 Å². The van der Waals surface area contributed by atoms with Gasteiger partial charge in [0.05, 0.1) is 5.60 Å². The zero-order chi connectivity index (χ0) is 11.1. The van der Waals surface area contributed by atoms with Crippen molar-refractivity contribution in [1.29, 1.82) is 0 Å². The topological polar surface area (TPSA) is 20.2 Å². The van der Waals surface area contributed by atoms with Crippen molar-refractivity contribution in [2.75, 3.05) is 0 Å². The molecule has 0 amide bonds. The lowest BCUT2D eigenvalue weighted by Crippen LogP contribution is -2.22. The van der Waals surface area contributed by atoms with Gasteiger partial charge in [0.25, 0.3) is 0 Å². The summed E-state index contributed by atoms with van der Waals surface area (Å²) in [6, 6.07) is 4.37. The van der Waals surface area contributed by atoms with Gasteiger partial charge in [0, 0.05) is 0 Å². The second-order valence-electron chi connectivity index (χ2n) is 4.99. The summed E-state index contributed by atoms with van der Waals surface area (Å²) >= 11 is 0. The molecule has 0 aromatic heterocycles.